The number of nitrogens with zero attached hydrogens (tertiary/aromatic N) is 1. The van der Waals surface area contributed by atoms with Crippen LogP contribution >= 0.6 is 0 Å². The lowest BCUT2D eigenvalue weighted by Gasteiger charge is -2.22. The molecule has 0 bridgehead atoms. The Morgan fingerprint density at radius 1 is 1.60 bits per heavy atom. The van der Waals surface area contributed by atoms with Crippen LogP contribution in [0.5, 0.6) is 0 Å². The topological polar surface area (TPSA) is 85.1 Å². The number of hydrogen-bond acceptors (Lipinski definition) is 5. The molecule has 4 N–H and O–H groups in total. The number of rotatable bonds is 1. The molecule has 0 saturated carbocycles. The van der Waals surface area contributed by atoms with Gasteiger partial charge in [-0.05, 0) is 0 Å². The van der Waals surface area contributed by atoms with E-state index in [2.05, 4.69) is 10.5 Å². The number of nitrogens with one attached hydrogen (secondary N) is 1. The number of hydrazone groups is 1. The SMILES string of the molecule is OCC1=NNC[C@@H](O)[C@@H]1O. The molecule has 10 heavy (non-hydrogen) atoms. The molecule has 0 saturated heterocycles. The fourth-order valence-electron chi connectivity index (χ4n) is 0.769. The fourth-order valence-corrected chi connectivity index (χ4v) is 0.769. The maximum absolute atomic E-state index is 9.06. The molecule has 2 atom stereocenters. The van der Waals surface area contributed by atoms with Gasteiger partial charge in [0.2, 0.25) is 0 Å². The first-order chi connectivity index (χ1) is 4.75. The van der Waals surface area contributed by atoms with Crippen LogP contribution in [0.15, 0.2) is 5.10 Å². The zero-order valence-corrected chi connectivity index (χ0v) is 5.36. The Balaban J connectivity index is 2.62. The van der Waals surface area contributed by atoms with E-state index in [1.165, 1.54) is 0 Å². The summed E-state index contributed by atoms with van der Waals surface area (Å²) in [7, 11) is 0. The second-order valence-corrected chi connectivity index (χ2v) is 2.14. The van der Waals surface area contributed by atoms with Crippen LogP contribution in [-0.2, 0) is 0 Å². The van der Waals surface area contributed by atoms with Crippen LogP contribution < -0.4 is 5.43 Å². The zero-order valence-electron chi connectivity index (χ0n) is 5.36. The molecule has 0 spiro atoms. The summed E-state index contributed by atoms with van der Waals surface area (Å²) < 4.78 is 0. The van der Waals surface area contributed by atoms with E-state index in [9.17, 15) is 0 Å². The third-order valence-corrected chi connectivity index (χ3v) is 1.39. The minimum Gasteiger partial charge on any atom is -0.390 e. The van der Waals surface area contributed by atoms with E-state index in [1.807, 2.05) is 0 Å². The van der Waals surface area contributed by atoms with E-state index < -0.39 is 12.2 Å². The average molecular weight is 146 g/mol. The van der Waals surface area contributed by atoms with Crippen LogP contribution in [0.2, 0.25) is 0 Å². The van der Waals surface area contributed by atoms with Crippen molar-refractivity contribution in [3.63, 3.8) is 0 Å². The second-order valence-electron chi connectivity index (χ2n) is 2.14. The van der Waals surface area contributed by atoms with E-state index in [0.29, 0.717) is 0 Å². The molecule has 1 rings (SSSR count). The Morgan fingerprint density at radius 2 is 2.30 bits per heavy atom. The fraction of sp³-hybridized carbons (Fsp3) is 0.800. The van der Waals surface area contributed by atoms with Crippen LogP contribution in [0.25, 0.3) is 0 Å². The predicted octanol–water partition coefficient (Wildman–Crippen LogP) is -2.34. The van der Waals surface area contributed by atoms with Crippen molar-refractivity contribution in [2.45, 2.75) is 12.2 Å². The summed E-state index contributed by atoms with van der Waals surface area (Å²) in [4.78, 5) is 0. The monoisotopic (exact) mass is 146 g/mol. The zero-order chi connectivity index (χ0) is 7.56. The highest BCUT2D eigenvalue weighted by atomic mass is 16.3. The van der Waals surface area contributed by atoms with Gasteiger partial charge in [0.15, 0.2) is 0 Å². The molecule has 0 aromatic heterocycles. The molecule has 1 heterocycles. The smallest absolute Gasteiger partial charge is 0.124 e. The van der Waals surface area contributed by atoms with E-state index in [0.717, 1.165) is 0 Å². The van der Waals surface area contributed by atoms with Gasteiger partial charge < -0.3 is 20.7 Å². The van der Waals surface area contributed by atoms with Gasteiger partial charge in [-0.2, -0.15) is 5.10 Å². The van der Waals surface area contributed by atoms with Crippen molar-refractivity contribution in [1.82, 2.24) is 5.43 Å². The summed E-state index contributed by atoms with van der Waals surface area (Å²) in [5.41, 5.74) is 2.66. The Morgan fingerprint density at radius 3 is 2.80 bits per heavy atom. The summed E-state index contributed by atoms with van der Waals surface area (Å²) in [6.07, 6.45) is -1.88. The standard InChI is InChI=1S/C5H10N2O3/c8-2-3-5(10)4(9)1-6-7-3/h4-6,8-10H,1-2H2/t4-,5-/m1/s1. The first-order valence-corrected chi connectivity index (χ1v) is 3.02. The number of aliphatic hydroxyl groups excluding tert-OH is 3. The van der Waals surface area contributed by atoms with E-state index in [1.54, 1.807) is 0 Å². The molecule has 0 radical (unpaired) electrons. The molecule has 0 unspecified atom stereocenters. The van der Waals surface area contributed by atoms with Gasteiger partial charge in [-0.15, -0.1) is 0 Å². The number of hydrogen-bond donors (Lipinski definition) is 4. The maximum Gasteiger partial charge on any atom is 0.124 e. The first kappa shape index (κ1) is 7.46. The van der Waals surface area contributed by atoms with Gasteiger partial charge in [0.25, 0.3) is 0 Å². The summed E-state index contributed by atoms with van der Waals surface area (Å²) >= 11 is 0. The minimum atomic E-state index is -1.02. The van der Waals surface area contributed by atoms with E-state index in [4.69, 9.17) is 15.3 Å². The van der Waals surface area contributed by atoms with E-state index >= 15 is 0 Å². The molecule has 5 heteroatoms. The van der Waals surface area contributed by atoms with Crippen LogP contribution in [0.3, 0.4) is 0 Å². The summed E-state index contributed by atoms with van der Waals surface area (Å²) in [5.74, 6) is 0. The van der Waals surface area contributed by atoms with Crippen LogP contribution in [0.1, 0.15) is 0 Å². The van der Waals surface area contributed by atoms with Gasteiger partial charge in [-0.25, -0.2) is 0 Å². The van der Waals surface area contributed by atoms with Crippen molar-refractivity contribution in [2.75, 3.05) is 13.2 Å². The maximum atomic E-state index is 9.06. The Bertz CT molecular complexity index is 148. The third-order valence-electron chi connectivity index (χ3n) is 1.39. The molecule has 0 aromatic rings. The van der Waals surface area contributed by atoms with Gasteiger partial charge in [-0.3, -0.25) is 0 Å². The number of aliphatic hydroxyl groups is 3. The molecule has 0 fully saturated rings. The molecule has 0 aromatic carbocycles. The quantitative estimate of drug-likeness (QED) is 0.334. The van der Waals surface area contributed by atoms with Gasteiger partial charge in [0, 0.05) is 0 Å². The molecule has 0 aliphatic carbocycles. The second kappa shape index (κ2) is 2.96. The van der Waals surface area contributed by atoms with Crippen LogP contribution in [-0.4, -0.2) is 46.4 Å². The Kier molecular flexibility index (Phi) is 2.21. The van der Waals surface area contributed by atoms with Gasteiger partial charge in [-0.1, -0.05) is 0 Å². The first-order valence-electron chi connectivity index (χ1n) is 3.02. The van der Waals surface area contributed by atoms with E-state index in [-0.39, 0.29) is 18.9 Å². The summed E-state index contributed by atoms with van der Waals surface area (Å²) in [6, 6.07) is 0. The third kappa shape index (κ3) is 1.26. The van der Waals surface area contributed by atoms with Crippen molar-refractivity contribution in [2.24, 2.45) is 5.10 Å². The van der Waals surface area contributed by atoms with Crippen LogP contribution in [0, 0.1) is 0 Å². The Hall–Kier alpha value is -0.650. The van der Waals surface area contributed by atoms with Crippen molar-refractivity contribution in [1.29, 1.82) is 0 Å². The van der Waals surface area contributed by atoms with Gasteiger partial charge in [0.05, 0.1) is 18.9 Å². The number of β-amino-alcohol motifs (C(OH)–C–C–N with tert-alkyl or cyclic N) is 1. The molecular weight excluding hydrogens is 136 g/mol. The van der Waals surface area contributed by atoms with Crippen molar-refractivity contribution in [3.8, 4) is 0 Å². The average Bonchev–Trinajstić information content (AvgIpc) is 1.95. The highest BCUT2D eigenvalue weighted by Crippen LogP contribution is 1.99. The normalized spacial score (nSPS) is 32.9. The Labute approximate surface area is 58.0 Å². The van der Waals surface area contributed by atoms with Crippen molar-refractivity contribution < 1.29 is 15.3 Å². The lowest BCUT2D eigenvalue weighted by molar-refractivity contribution is 0.0502. The van der Waals surface area contributed by atoms with Crippen molar-refractivity contribution in [3.05, 3.63) is 0 Å². The van der Waals surface area contributed by atoms with Gasteiger partial charge >= 0.3 is 0 Å². The minimum absolute atomic E-state index is 0.179. The highest BCUT2D eigenvalue weighted by Gasteiger charge is 2.24. The molecule has 0 amide bonds. The largest absolute Gasteiger partial charge is 0.390 e. The molecular formula is C5H10N2O3. The summed E-state index contributed by atoms with van der Waals surface area (Å²) in [6.45, 7) is -0.101. The molecule has 1 aliphatic heterocycles. The van der Waals surface area contributed by atoms with Crippen molar-refractivity contribution >= 4 is 5.71 Å². The van der Waals surface area contributed by atoms with Crippen LogP contribution in [0.4, 0.5) is 0 Å². The summed E-state index contributed by atoms with van der Waals surface area (Å²) in [5, 5.41) is 30.2. The highest BCUT2D eigenvalue weighted by molar-refractivity contribution is 5.90. The molecule has 58 valence electrons. The lowest BCUT2D eigenvalue weighted by Crippen LogP contribution is -2.46. The van der Waals surface area contributed by atoms with Gasteiger partial charge in [0.1, 0.15) is 12.2 Å². The molecule has 1 aliphatic rings. The lowest BCUT2D eigenvalue weighted by atomic mass is 10.1. The molecule has 5 nitrogen and oxygen atoms in total. The predicted molar refractivity (Wildman–Crippen MR) is 34.5 cm³/mol.